The van der Waals surface area contributed by atoms with Crippen LogP contribution in [0.15, 0.2) is 30.9 Å². The monoisotopic (exact) mass is 288 g/mol. The van der Waals surface area contributed by atoms with Crippen LogP contribution in [0.4, 0.5) is 0 Å². The third kappa shape index (κ3) is 2.16. The van der Waals surface area contributed by atoms with E-state index >= 15 is 0 Å². The quantitative estimate of drug-likeness (QED) is 0.642. The Morgan fingerprint density at radius 2 is 1.71 bits per heavy atom. The van der Waals surface area contributed by atoms with Crippen molar-refractivity contribution < 1.29 is 30.0 Å². The second-order valence-electron chi connectivity index (χ2n) is 4.38. The molecule has 0 amide bonds. The average molecular weight is 288 g/mol. The molecule has 0 aromatic heterocycles. The lowest BCUT2D eigenvalue weighted by atomic mass is 9.91. The molecule has 2 aromatic rings. The van der Waals surface area contributed by atoms with E-state index in [1.165, 1.54) is 24.3 Å². The first kappa shape index (κ1) is 14.4. The number of benzene rings is 2. The molecule has 0 unspecified atom stereocenters. The van der Waals surface area contributed by atoms with Crippen LogP contribution in [-0.2, 0) is 6.42 Å². The molecule has 0 heterocycles. The third-order valence-corrected chi connectivity index (χ3v) is 3.16. The van der Waals surface area contributed by atoms with Crippen LogP contribution in [0.1, 0.15) is 26.3 Å². The molecule has 0 saturated carbocycles. The lowest BCUT2D eigenvalue weighted by molar-refractivity contribution is 0.0652. The topological polar surface area (TPSA) is 115 Å². The van der Waals surface area contributed by atoms with Crippen LogP contribution < -0.4 is 0 Å². The van der Waals surface area contributed by atoms with Gasteiger partial charge in [-0.1, -0.05) is 18.2 Å². The average Bonchev–Trinajstić information content (AvgIpc) is 2.40. The van der Waals surface area contributed by atoms with Crippen LogP contribution in [0.5, 0.6) is 11.5 Å². The first-order chi connectivity index (χ1) is 9.90. The van der Waals surface area contributed by atoms with Crippen molar-refractivity contribution in [3.05, 3.63) is 47.5 Å². The summed E-state index contributed by atoms with van der Waals surface area (Å²) in [5.74, 6) is -3.70. The molecule has 0 aliphatic heterocycles. The maximum absolute atomic E-state index is 11.5. The number of carbonyl (C=O) groups is 2. The normalized spacial score (nSPS) is 10.5. The number of allylic oxidation sites excluding steroid dienone is 1. The number of carboxylic acid groups (broad SMARTS) is 2. The van der Waals surface area contributed by atoms with Gasteiger partial charge in [0.15, 0.2) is 0 Å². The lowest BCUT2D eigenvalue weighted by Gasteiger charge is -2.15. The van der Waals surface area contributed by atoms with Crippen molar-refractivity contribution in [2.24, 2.45) is 0 Å². The number of hydrogen-bond donors (Lipinski definition) is 4. The van der Waals surface area contributed by atoms with Crippen molar-refractivity contribution in [3.8, 4) is 11.5 Å². The highest BCUT2D eigenvalue weighted by molar-refractivity contribution is 6.15. The molecule has 0 bridgehead atoms. The molecule has 0 spiro atoms. The highest BCUT2D eigenvalue weighted by Gasteiger charge is 2.27. The van der Waals surface area contributed by atoms with E-state index in [4.69, 9.17) is 0 Å². The molecule has 21 heavy (non-hydrogen) atoms. The van der Waals surface area contributed by atoms with E-state index < -0.39 is 28.8 Å². The van der Waals surface area contributed by atoms with Gasteiger partial charge in [0, 0.05) is 10.9 Å². The smallest absolute Gasteiger partial charge is 0.337 e. The van der Waals surface area contributed by atoms with Gasteiger partial charge in [-0.3, -0.25) is 0 Å². The minimum absolute atomic E-state index is 0.0368. The van der Waals surface area contributed by atoms with E-state index in [0.717, 1.165) is 0 Å². The Labute approximate surface area is 119 Å². The maximum atomic E-state index is 11.5. The molecule has 2 rings (SSSR count). The minimum Gasteiger partial charge on any atom is -0.507 e. The molecule has 0 aliphatic carbocycles. The fourth-order valence-electron chi connectivity index (χ4n) is 2.35. The predicted molar refractivity (Wildman–Crippen MR) is 75.1 cm³/mol. The SMILES string of the molecule is C=CCc1c(C(=O)O)c(C(=O)O)c2cccc(O)c2c1O. The number of aromatic hydroxyl groups is 2. The van der Waals surface area contributed by atoms with Gasteiger partial charge in [0.2, 0.25) is 0 Å². The van der Waals surface area contributed by atoms with Gasteiger partial charge < -0.3 is 20.4 Å². The summed E-state index contributed by atoms with van der Waals surface area (Å²) in [4.78, 5) is 22.9. The maximum Gasteiger partial charge on any atom is 0.337 e. The van der Waals surface area contributed by atoms with Crippen molar-refractivity contribution in [3.63, 3.8) is 0 Å². The van der Waals surface area contributed by atoms with Crippen LogP contribution in [0.3, 0.4) is 0 Å². The zero-order valence-corrected chi connectivity index (χ0v) is 10.8. The van der Waals surface area contributed by atoms with Gasteiger partial charge in [-0.25, -0.2) is 9.59 Å². The Kier molecular flexibility index (Phi) is 3.54. The number of rotatable bonds is 4. The third-order valence-electron chi connectivity index (χ3n) is 3.16. The molecule has 0 saturated heterocycles. The fourth-order valence-corrected chi connectivity index (χ4v) is 2.35. The Bertz CT molecular complexity index is 776. The molecule has 0 aliphatic rings. The number of fused-ring (bicyclic) bond motifs is 1. The second kappa shape index (κ2) is 5.16. The summed E-state index contributed by atoms with van der Waals surface area (Å²) in [6.45, 7) is 3.46. The van der Waals surface area contributed by atoms with Crippen LogP contribution in [0, 0.1) is 0 Å². The summed E-state index contributed by atoms with van der Waals surface area (Å²) in [6, 6.07) is 4.00. The summed E-state index contributed by atoms with van der Waals surface area (Å²) in [6.07, 6.45) is 1.30. The zero-order valence-electron chi connectivity index (χ0n) is 10.8. The lowest BCUT2D eigenvalue weighted by Crippen LogP contribution is -2.12. The molecule has 0 fully saturated rings. The Morgan fingerprint density at radius 1 is 1.10 bits per heavy atom. The highest BCUT2D eigenvalue weighted by Crippen LogP contribution is 2.40. The van der Waals surface area contributed by atoms with Crippen LogP contribution in [-0.4, -0.2) is 32.4 Å². The van der Waals surface area contributed by atoms with E-state index in [1.54, 1.807) is 0 Å². The minimum atomic E-state index is -1.47. The van der Waals surface area contributed by atoms with Crippen molar-refractivity contribution in [1.82, 2.24) is 0 Å². The van der Waals surface area contributed by atoms with E-state index in [0.29, 0.717) is 0 Å². The van der Waals surface area contributed by atoms with Crippen molar-refractivity contribution in [2.75, 3.05) is 0 Å². The molecule has 2 aromatic carbocycles. The van der Waals surface area contributed by atoms with Gasteiger partial charge in [-0.2, -0.15) is 0 Å². The summed E-state index contributed by atoms with van der Waals surface area (Å²) in [5, 5.41) is 38.6. The highest BCUT2D eigenvalue weighted by atomic mass is 16.4. The number of phenols is 2. The van der Waals surface area contributed by atoms with E-state index in [-0.39, 0.29) is 28.5 Å². The number of phenolic OH excluding ortho intramolecular Hbond substituents is 2. The van der Waals surface area contributed by atoms with Crippen LogP contribution in [0.25, 0.3) is 10.8 Å². The molecular weight excluding hydrogens is 276 g/mol. The van der Waals surface area contributed by atoms with Gasteiger partial charge in [0.05, 0.1) is 16.5 Å². The number of aromatic carboxylic acids is 2. The number of hydrogen-bond acceptors (Lipinski definition) is 4. The Hall–Kier alpha value is -3.02. The van der Waals surface area contributed by atoms with Crippen molar-refractivity contribution in [2.45, 2.75) is 6.42 Å². The Balaban J connectivity index is 3.13. The van der Waals surface area contributed by atoms with Gasteiger partial charge in [0.1, 0.15) is 11.5 Å². The summed E-state index contributed by atoms with van der Waals surface area (Å²) in [5.41, 5.74) is -1.06. The molecule has 6 heteroatoms. The molecular formula is C15H12O6. The van der Waals surface area contributed by atoms with Crippen molar-refractivity contribution in [1.29, 1.82) is 0 Å². The van der Waals surface area contributed by atoms with Gasteiger partial charge in [-0.05, 0) is 12.5 Å². The fraction of sp³-hybridized carbons (Fsp3) is 0.0667. The van der Waals surface area contributed by atoms with Crippen LogP contribution >= 0.6 is 0 Å². The van der Waals surface area contributed by atoms with Gasteiger partial charge >= 0.3 is 11.9 Å². The summed E-state index contributed by atoms with van der Waals surface area (Å²) >= 11 is 0. The zero-order chi connectivity index (χ0) is 15.7. The first-order valence-corrected chi connectivity index (χ1v) is 5.97. The predicted octanol–water partition coefficient (Wildman–Crippen LogP) is 2.38. The molecule has 4 N–H and O–H groups in total. The second-order valence-corrected chi connectivity index (χ2v) is 4.38. The summed E-state index contributed by atoms with van der Waals surface area (Å²) in [7, 11) is 0. The molecule has 108 valence electrons. The van der Waals surface area contributed by atoms with E-state index in [1.807, 2.05) is 0 Å². The Morgan fingerprint density at radius 3 is 2.24 bits per heavy atom. The van der Waals surface area contributed by atoms with Crippen LogP contribution in [0.2, 0.25) is 0 Å². The summed E-state index contributed by atoms with van der Waals surface area (Å²) < 4.78 is 0. The largest absolute Gasteiger partial charge is 0.507 e. The van der Waals surface area contributed by atoms with Crippen molar-refractivity contribution >= 4 is 22.7 Å². The number of carboxylic acids is 2. The molecule has 0 atom stereocenters. The first-order valence-electron chi connectivity index (χ1n) is 5.97. The standard InChI is InChI=1S/C15H12O6/c1-2-4-8-12(15(20)21)11(14(18)19)7-5-3-6-9(16)10(7)13(8)17/h2-3,5-6,16-17H,1,4H2,(H,18,19)(H,20,21). The van der Waals surface area contributed by atoms with Gasteiger partial charge in [0.25, 0.3) is 0 Å². The van der Waals surface area contributed by atoms with Gasteiger partial charge in [-0.15, -0.1) is 6.58 Å². The van der Waals surface area contributed by atoms with E-state index in [9.17, 15) is 30.0 Å². The molecule has 6 nitrogen and oxygen atoms in total. The van der Waals surface area contributed by atoms with E-state index in [2.05, 4.69) is 6.58 Å². The molecule has 0 radical (unpaired) electrons.